The molecule has 0 bridgehead atoms. The Balaban J connectivity index is 1.86. The summed E-state index contributed by atoms with van der Waals surface area (Å²) < 4.78 is 33.1. The van der Waals surface area contributed by atoms with E-state index in [2.05, 4.69) is 0 Å². The van der Waals surface area contributed by atoms with Crippen LogP contribution in [-0.2, 0) is 14.8 Å². The van der Waals surface area contributed by atoms with Crippen LogP contribution in [0.2, 0.25) is 0 Å². The fourth-order valence-electron chi connectivity index (χ4n) is 3.02. The van der Waals surface area contributed by atoms with Crippen molar-refractivity contribution in [3.05, 3.63) is 29.1 Å². The first-order valence-corrected chi connectivity index (χ1v) is 10.6. The molecule has 2 heterocycles. The Labute approximate surface area is 151 Å². The summed E-state index contributed by atoms with van der Waals surface area (Å²) in [7, 11) is -3.53. The van der Waals surface area contributed by atoms with Crippen molar-refractivity contribution >= 4 is 37.4 Å². The van der Waals surface area contributed by atoms with Gasteiger partial charge in [-0.2, -0.15) is 4.31 Å². The number of nitrogens with zero attached hydrogens (tertiary/aromatic N) is 1. The highest BCUT2D eigenvalue weighted by Crippen LogP contribution is 2.30. The van der Waals surface area contributed by atoms with E-state index in [1.165, 1.54) is 15.6 Å². The first-order chi connectivity index (χ1) is 12.0. The Bertz CT molecular complexity index is 868. The maximum Gasteiger partial charge on any atom is 0.348 e. The molecule has 6 nitrogen and oxygen atoms in total. The highest BCUT2D eigenvalue weighted by atomic mass is 32.2. The van der Waals surface area contributed by atoms with Crippen molar-refractivity contribution in [2.45, 2.75) is 24.7 Å². The van der Waals surface area contributed by atoms with Crippen LogP contribution in [0.3, 0.4) is 0 Å². The molecule has 2 aromatic rings. The first-order valence-electron chi connectivity index (χ1n) is 8.36. The van der Waals surface area contributed by atoms with Crippen molar-refractivity contribution in [1.82, 2.24) is 4.31 Å². The van der Waals surface area contributed by atoms with E-state index in [0.717, 1.165) is 22.9 Å². The number of hydrogen-bond acceptors (Lipinski definition) is 6. The lowest BCUT2D eigenvalue weighted by Gasteiger charge is -2.30. The van der Waals surface area contributed by atoms with Gasteiger partial charge in [-0.1, -0.05) is 0 Å². The number of esters is 1. The van der Waals surface area contributed by atoms with Gasteiger partial charge in [-0.25, -0.2) is 13.2 Å². The monoisotopic (exact) mass is 382 g/mol. The van der Waals surface area contributed by atoms with Crippen LogP contribution in [-0.4, -0.2) is 44.9 Å². The van der Waals surface area contributed by atoms with Crippen molar-refractivity contribution in [1.29, 1.82) is 0 Å². The van der Waals surface area contributed by atoms with Crippen LogP contribution in [0.15, 0.2) is 29.2 Å². The van der Waals surface area contributed by atoms with Gasteiger partial charge in [0.1, 0.15) is 4.88 Å². The van der Waals surface area contributed by atoms with E-state index in [9.17, 15) is 13.2 Å². The summed E-state index contributed by atoms with van der Waals surface area (Å²) in [6, 6.07) is 6.69. The lowest BCUT2D eigenvalue weighted by molar-refractivity contribution is 0.0532. The van der Waals surface area contributed by atoms with E-state index in [1.807, 2.05) is 0 Å². The zero-order chi connectivity index (χ0) is 18.0. The Morgan fingerprint density at radius 1 is 1.32 bits per heavy atom. The topological polar surface area (TPSA) is 89.7 Å². The quantitative estimate of drug-likeness (QED) is 0.802. The number of thiophene rings is 1. The number of piperidine rings is 1. The van der Waals surface area contributed by atoms with Crippen LogP contribution in [0.1, 0.15) is 29.4 Å². The van der Waals surface area contributed by atoms with Crippen molar-refractivity contribution in [2.75, 3.05) is 26.2 Å². The first kappa shape index (κ1) is 18.3. The summed E-state index contributed by atoms with van der Waals surface area (Å²) in [5, 5.41) is 0.742. The fraction of sp³-hybridized carbons (Fsp3) is 0.471. The van der Waals surface area contributed by atoms with E-state index in [4.69, 9.17) is 10.5 Å². The zero-order valence-electron chi connectivity index (χ0n) is 14.1. The molecular formula is C17H22N2O4S2. The van der Waals surface area contributed by atoms with E-state index < -0.39 is 10.0 Å². The molecule has 1 aromatic carbocycles. The van der Waals surface area contributed by atoms with Gasteiger partial charge < -0.3 is 10.5 Å². The fourth-order valence-corrected chi connectivity index (χ4v) is 5.46. The third-order valence-electron chi connectivity index (χ3n) is 4.51. The molecule has 1 aromatic heterocycles. The smallest absolute Gasteiger partial charge is 0.348 e. The lowest BCUT2D eigenvalue weighted by atomic mass is 9.99. The molecule has 2 N–H and O–H groups in total. The van der Waals surface area contributed by atoms with E-state index in [1.54, 1.807) is 31.2 Å². The maximum absolute atomic E-state index is 12.9. The van der Waals surface area contributed by atoms with Gasteiger partial charge in [-0.15, -0.1) is 11.3 Å². The van der Waals surface area contributed by atoms with Crippen LogP contribution < -0.4 is 5.73 Å². The summed E-state index contributed by atoms with van der Waals surface area (Å²) in [5.74, 6) is 0.0231. The van der Waals surface area contributed by atoms with Crippen LogP contribution >= 0.6 is 11.3 Å². The molecule has 25 heavy (non-hydrogen) atoms. The number of hydrogen-bond donors (Lipinski definition) is 1. The second-order valence-corrected chi connectivity index (χ2v) is 9.14. The Morgan fingerprint density at radius 3 is 2.68 bits per heavy atom. The van der Waals surface area contributed by atoms with Crippen molar-refractivity contribution in [3.8, 4) is 0 Å². The average Bonchev–Trinajstić information content (AvgIpc) is 3.05. The summed E-state index contributed by atoms with van der Waals surface area (Å²) in [4.78, 5) is 12.6. The molecule has 1 aliphatic rings. The minimum atomic E-state index is -3.53. The minimum absolute atomic E-state index is 0.263. The summed E-state index contributed by atoms with van der Waals surface area (Å²) in [5.41, 5.74) is 5.67. The third-order valence-corrected chi connectivity index (χ3v) is 7.50. The Hall–Kier alpha value is -1.48. The molecule has 1 saturated heterocycles. The van der Waals surface area contributed by atoms with Gasteiger partial charge in [0.05, 0.1) is 11.5 Å². The van der Waals surface area contributed by atoms with E-state index in [-0.39, 0.29) is 10.9 Å². The summed E-state index contributed by atoms with van der Waals surface area (Å²) in [6.07, 6.45) is 1.59. The number of fused-ring (bicyclic) bond motifs is 1. The molecule has 0 spiro atoms. The number of nitrogens with two attached hydrogens (primary N) is 1. The number of sulfonamides is 1. The summed E-state index contributed by atoms with van der Waals surface area (Å²) >= 11 is 1.31. The van der Waals surface area contributed by atoms with Crippen LogP contribution in [0.5, 0.6) is 0 Å². The van der Waals surface area contributed by atoms with Gasteiger partial charge >= 0.3 is 5.97 Å². The number of carbonyl (C=O) groups is 1. The SMILES string of the molecule is CCOC(=O)c1cc2cc(S(=O)(=O)N3CCC(CN)CC3)ccc2s1. The highest BCUT2D eigenvalue weighted by molar-refractivity contribution is 7.89. The lowest BCUT2D eigenvalue weighted by Crippen LogP contribution is -2.39. The van der Waals surface area contributed by atoms with Crippen molar-refractivity contribution < 1.29 is 17.9 Å². The highest BCUT2D eigenvalue weighted by Gasteiger charge is 2.29. The largest absolute Gasteiger partial charge is 0.462 e. The molecule has 136 valence electrons. The predicted molar refractivity (Wildman–Crippen MR) is 98.3 cm³/mol. The number of carbonyl (C=O) groups excluding carboxylic acids is 1. The van der Waals surface area contributed by atoms with Gasteiger partial charge in [-0.05, 0) is 61.9 Å². The van der Waals surface area contributed by atoms with Crippen LogP contribution in [0.25, 0.3) is 10.1 Å². The molecule has 0 radical (unpaired) electrons. The molecule has 0 saturated carbocycles. The predicted octanol–water partition coefficient (Wildman–Crippen LogP) is 2.44. The normalized spacial score (nSPS) is 17.0. The van der Waals surface area contributed by atoms with Gasteiger partial charge in [-0.3, -0.25) is 0 Å². The minimum Gasteiger partial charge on any atom is -0.462 e. The molecule has 0 atom stereocenters. The van der Waals surface area contributed by atoms with E-state index in [0.29, 0.717) is 37.0 Å². The second-order valence-electron chi connectivity index (χ2n) is 6.11. The average molecular weight is 383 g/mol. The van der Waals surface area contributed by atoms with Crippen molar-refractivity contribution in [3.63, 3.8) is 0 Å². The van der Waals surface area contributed by atoms with Gasteiger partial charge in [0.25, 0.3) is 0 Å². The van der Waals surface area contributed by atoms with Gasteiger partial charge in [0, 0.05) is 17.8 Å². The second kappa shape index (κ2) is 7.41. The zero-order valence-corrected chi connectivity index (χ0v) is 15.7. The standard InChI is InChI=1S/C17H22N2O4S2/c1-2-23-17(20)16-10-13-9-14(3-4-15(13)24-16)25(21,22)19-7-5-12(11-18)6-8-19/h3-4,9-10,12H,2,5-8,11,18H2,1H3. The number of rotatable bonds is 5. The Kier molecular flexibility index (Phi) is 5.43. The number of benzene rings is 1. The van der Waals surface area contributed by atoms with Crippen molar-refractivity contribution in [2.24, 2.45) is 11.7 Å². The molecular weight excluding hydrogens is 360 g/mol. The third kappa shape index (κ3) is 3.72. The van der Waals surface area contributed by atoms with Gasteiger partial charge in [0.15, 0.2) is 0 Å². The molecule has 3 rings (SSSR count). The van der Waals surface area contributed by atoms with Gasteiger partial charge in [0.2, 0.25) is 10.0 Å². The van der Waals surface area contributed by atoms with Crippen LogP contribution in [0, 0.1) is 5.92 Å². The molecule has 0 unspecified atom stereocenters. The Morgan fingerprint density at radius 2 is 2.04 bits per heavy atom. The molecule has 1 aliphatic heterocycles. The maximum atomic E-state index is 12.9. The number of ether oxygens (including phenoxy) is 1. The summed E-state index contributed by atoms with van der Waals surface area (Å²) in [6.45, 7) is 3.67. The molecule has 8 heteroatoms. The molecule has 1 fully saturated rings. The van der Waals surface area contributed by atoms with E-state index >= 15 is 0 Å². The molecule has 0 amide bonds. The van der Waals surface area contributed by atoms with Crippen LogP contribution in [0.4, 0.5) is 0 Å². The molecule has 0 aliphatic carbocycles.